The Morgan fingerprint density at radius 3 is 2.10 bits per heavy atom. The van der Waals surface area contributed by atoms with Gasteiger partial charge in [-0.15, -0.1) is 0 Å². The first-order valence-corrected chi connectivity index (χ1v) is 10.8. The lowest BCUT2D eigenvalue weighted by atomic mass is 9.71. The zero-order valence-corrected chi connectivity index (χ0v) is 18.7. The second-order valence-electron chi connectivity index (χ2n) is 8.85. The van der Waals surface area contributed by atoms with E-state index in [4.69, 9.17) is 4.74 Å². The molecule has 1 spiro atoms. The summed E-state index contributed by atoms with van der Waals surface area (Å²) in [6, 6.07) is 3.83. The predicted molar refractivity (Wildman–Crippen MR) is 115 cm³/mol. The van der Waals surface area contributed by atoms with Gasteiger partial charge in [0.15, 0.2) is 5.82 Å². The van der Waals surface area contributed by atoms with Gasteiger partial charge >= 0.3 is 6.09 Å². The molecule has 2 heterocycles. The van der Waals surface area contributed by atoms with Crippen molar-refractivity contribution >= 4 is 17.5 Å². The van der Waals surface area contributed by atoms with E-state index in [1.807, 2.05) is 39.5 Å². The molecule has 0 atom stereocenters. The van der Waals surface area contributed by atoms with Crippen molar-refractivity contribution in [1.29, 1.82) is 0 Å². The van der Waals surface area contributed by atoms with Crippen LogP contribution in [0.2, 0.25) is 0 Å². The molecule has 2 saturated heterocycles. The van der Waals surface area contributed by atoms with Gasteiger partial charge in [0.05, 0.1) is 16.7 Å². The largest absolute Gasteiger partial charge is 0.444 e. The number of nitro benzene ring substituents is 1. The van der Waals surface area contributed by atoms with Gasteiger partial charge in [-0.1, -0.05) is 13.8 Å². The molecule has 30 heavy (non-hydrogen) atoms. The molecule has 0 saturated carbocycles. The Balaban J connectivity index is 0.00000155. The quantitative estimate of drug-likeness (QED) is 0.472. The van der Waals surface area contributed by atoms with Crippen molar-refractivity contribution in [2.45, 2.75) is 65.9 Å². The highest BCUT2D eigenvalue weighted by Gasteiger charge is 2.39. The van der Waals surface area contributed by atoms with E-state index < -0.39 is 16.3 Å². The van der Waals surface area contributed by atoms with Crippen LogP contribution in [0, 0.1) is 21.3 Å². The maximum Gasteiger partial charge on any atom is 0.410 e. The van der Waals surface area contributed by atoms with Crippen molar-refractivity contribution in [3.63, 3.8) is 0 Å². The maximum absolute atomic E-state index is 14.3. The predicted octanol–water partition coefficient (Wildman–Crippen LogP) is 5.38. The summed E-state index contributed by atoms with van der Waals surface area (Å²) in [6.45, 7) is 12.4. The number of amides is 1. The highest BCUT2D eigenvalue weighted by atomic mass is 19.1. The molecular weight excluding hydrogens is 389 g/mol. The number of carbonyl (C=O) groups excluding carboxylic acids is 1. The van der Waals surface area contributed by atoms with Crippen molar-refractivity contribution in [3.05, 3.63) is 34.1 Å². The minimum atomic E-state index is -0.587. The van der Waals surface area contributed by atoms with Crippen LogP contribution in [-0.4, -0.2) is 47.7 Å². The number of likely N-dealkylation sites (tertiary alicyclic amines) is 1. The molecule has 0 N–H and O–H groups in total. The van der Waals surface area contributed by atoms with E-state index in [2.05, 4.69) is 0 Å². The normalized spacial score (nSPS) is 18.5. The summed E-state index contributed by atoms with van der Waals surface area (Å²) < 4.78 is 19.8. The maximum atomic E-state index is 14.3. The fraction of sp³-hybridized carbons (Fsp3) is 0.682. The van der Waals surface area contributed by atoms with Crippen LogP contribution in [0.25, 0.3) is 0 Å². The van der Waals surface area contributed by atoms with Crippen LogP contribution in [0.1, 0.15) is 60.3 Å². The summed E-state index contributed by atoms with van der Waals surface area (Å²) in [5.74, 6) is -0.551. The van der Waals surface area contributed by atoms with Gasteiger partial charge in [-0.3, -0.25) is 10.1 Å². The van der Waals surface area contributed by atoms with E-state index in [1.165, 1.54) is 12.1 Å². The molecular formula is C22H34FN3O4. The molecule has 2 aliphatic rings. The van der Waals surface area contributed by atoms with Gasteiger partial charge in [-0.2, -0.15) is 0 Å². The third kappa shape index (κ3) is 5.83. The van der Waals surface area contributed by atoms with Gasteiger partial charge in [-0.05, 0) is 57.9 Å². The minimum Gasteiger partial charge on any atom is -0.444 e. The van der Waals surface area contributed by atoms with Crippen LogP contribution in [0.4, 0.5) is 20.6 Å². The highest BCUT2D eigenvalue weighted by Crippen LogP contribution is 2.42. The highest BCUT2D eigenvalue weighted by molar-refractivity contribution is 5.68. The topological polar surface area (TPSA) is 75.9 Å². The fourth-order valence-electron chi connectivity index (χ4n) is 4.08. The molecule has 0 radical (unpaired) electrons. The van der Waals surface area contributed by atoms with Crippen molar-refractivity contribution in [2.75, 3.05) is 31.1 Å². The second-order valence-corrected chi connectivity index (χ2v) is 8.85. The van der Waals surface area contributed by atoms with E-state index >= 15 is 0 Å². The number of rotatable bonds is 2. The Morgan fingerprint density at radius 1 is 1.10 bits per heavy atom. The van der Waals surface area contributed by atoms with Gasteiger partial charge in [-0.25, -0.2) is 9.18 Å². The number of benzene rings is 1. The van der Waals surface area contributed by atoms with Crippen LogP contribution >= 0.6 is 0 Å². The lowest BCUT2D eigenvalue weighted by Crippen LogP contribution is -2.49. The molecule has 0 unspecified atom stereocenters. The Labute approximate surface area is 178 Å². The molecule has 3 rings (SSSR count). The number of piperidine rings is 2. The van der Waals surface area contributed by atoms with E-state index in [9.17, 15) is 19.3 Å². The number of ether oxygens (including phenoxy) is 1. The molecule has 1 aromatic carbocycles. The second kappa shape index (κ2) is 9.62. The third-order valence-electron chi connectivity index (χ3n) is 5.78. The average Bonchev–Trinajstić information content (AvgIpc) is 2.69. The lowest BCUT2D eigenvalue weighted by molar-refractivity contribution is -0.385. The summed E-state index contributed by atoms with van der Waals surface area (Å²) in [4.78, 5) is 26.2. The van der Waals surface area contributed by atoms with E-state index in [1.54, 1.807) is 4.90 Å². The van der Waals surface area contributed by atoms with E-state index in [0.29, 0.717) is 31.9 Å². The van der Waals surface area contributed by atoms with Crippen LogP contribution in [-0.2, 0) is 4.74 Å². The van der Waals surface area contributed by atoms with Crippen molar-refractivity contribution < 1.29 is 18.8 Å². The number of hydrogen-bond donors (Lipinski definition) is 0. The number of nitro groups is 1. The van der Waals surface area contributed by atoms with E-state index in [0.717, 1.165) is 31.7 Å². The Kier molecular flexibility index (Phi) is 7.66. The Morgan fingerprint density at radius 2 is 1.63 bits per heavy atom. The number of carbonyl (C=O) groups is 1. The summed E-state index contributed by atoms with van der Waals surface area (Å²) in [6.07, 6.45) is 3.43. The van der Waals surface area contributed by atoms with Crippen molar-refractivity contribution in [1.82, 2.24) is 4.90 Å². The zero-order valence-electron chi connectivity index (χ0n) is 18.7. The summed E-state index contributed by atoms with van der Waals surface area (Å²) in [5, 5.41) is 10.8. The van der Waals surface area contributed by atoms with Crippen molar-refractivity contribution in [3.8, 4) is 0 Å². The first-order chi connectivity index (χ1) is 14.1. The number of hydrogen-bond acceptors (Lipinski definition) is 5. The summed E-state index contributed by atoms with van der Waals surface area (Å²) in [7, 11) is 0. The molecule has 0 aromatic heterocycles. The average molecular weight is 424 g/mol. The van der Waals surface area contributed by atoms with Gasteiger partial charge in [0.1, 0.15) is 5.60 Å². The van der Waals surface area contributed by atoms with Crippen molar-refractivity contribution in [2.24, 2.45) is 5.41 Å². The summed E-state index contributed by atoms with van der Waals surface area (Å²) >= 11 is 0. The van der Waals surface area contributed by atoms with Gasteiger partial charge in [0, 0.05) is 32.2 Å². The molecule has 0 aliphatic carbocycles. The minimum absolute atomic E-state index is 0.173. The molecule has 1 aromatic rings. The van der Waals surface area contributed by atoms with Gasteiger partial charge < -0.3 is 14.5 Å². The van der Waals surface area contributed by atoms with Crippen LogP contribution in [0.3, 0.4) is 0 Å². The smallest absolute Gasteiger partial charge is 0.410 e. The van der Waals surface area contributed by atoms with E-state index in [-0.39, 0.29) is 17.2 Å². The first kappa shape index (κ1) is 23.9. The SMILES string of the molecule is CC.CC(C)(C)OC(=O)N1CCC2(CC1)CCN(c1ccc([N+](=O)[O-])cc1F)CC2. The number of anilines is 1. The fourth-order valence-corrected chi connectivity index (χ4v) is 4.08. The number of halogens is 1. The molecule has 2 fully saturated rings. The molecule has 8 heteroatoms. The van der Waals surface area contributed by atoms with Gasteiger partial charge in [0.2, 0.25) is 0 Å². The Bertz CT molecular complexity index is 745. The Hall–Kier alpha value is -2.38. The molecule has 0 bridgehead atoms. The number of non-ortho nitro benzene ring substituents is 1. The van der Waals surface area contributed by atoms with Crippen LogP contribution < -0.4 is 4.90 Å². The monoisotopic (exact) mass is 423 g/mol. The first-order valence-electron chi connectivity index (χ1n) is 10.8. The van der Waals surface area contributed by atoms with Crippen LogP contribution in [0.15, 0.2) is 18.2 Å². The van der Waals surface area contributed by atoms with Gasteiger partial charge in [0.25, 0.3) is 5.69 Å². The molecule has 168 valence electrons. The zero-order chi connectivity index (χ0) is 22.5. The standard InChI is InChI=1S/C20H28FN3O4.C2H6/c1-19(2,3)28-18(25)23-12-8-20(9-13-23)6-10-22(11-7-20)17-5-4-15(24(26)27)14-16(17)21;1-2/h4-5,14H,6-13H2,1-3H3;1-2H3. The van der Waals surface area contributed by atoms with Crippen LogP contribution in [0.5, 0.6) is 0 Å². The lowest BCUT2D eigenvalue weighted by Gasteiger charge is -2.47. The number of nitrogens with zero attached hydrogens (tertiary/aromatic N) is 3. The summed E-state index contributed by atoms with van der Waals surface area (Å²) in [5.41, 5.74) is -0.130. The molecule has 2 aliphatic heterocycles. The molecule has 7 nitrogen and oxygen atoms in total. The molecule has 1 amide bonds. The third-order valence-corrected chi connectivity index (χ3v) is 5.78.